The van der Waals surface area contributed by atoms with Crippen molar-refractivity contribution < 1.29 is 78.9 Å². The molecule has 0 aromatic rings. The Balaban J connectivity index is 0.00000220. The summed E-state index contributed by atoms with van der Waals surface area (Å²) in [4.78, 5) is 23.5. The predicted molar refractivity (Wildman–Crippen MR) is 70.2 cm³/mol. The average Bonchev–Trinajstić information content (AvgIpc) is 2.79. The van der Waals surface area contributed by atoms with Crippen LogP contribution in [0.25, 0.3) is 0 Å². The smallest absolute Gasteiger partial charge is 0.550 e. The monoisotopic (exact) mass is 326 g/mol. The van der Waals surface area contributed by atoms with E-state index in [0.717, 1.165) is 57.8 Å². The minimum absolute atomic E-state index is 0. The number of carbonyl (C=O) groups is 2. The van der Waals surface area contributed by atoms with Gasteiger partial charge in [-0.3, -0.25) is 0 Å². The predicted octanol–water partition coefficient (Wildman–Crippen LogP) is -4.97. The van der Waals surface area contributed by atoms with E-state index in [-0.39, 0.29) is 65.0 Å². The number of rotatable bonds is 3. The fourth-order valence-corrected chi connectivity index (χ4v) is 4.40. The van der Waals surface area contributed by atoms with E-state index in [9.17, 15) is 19.8 Å². The van der Waals surface area contributed by atoms with Gasteiger partial charge in [0.15, 0.2) is 0 Å². The third-order valence-corrected chi connectivity index (χ3v) is 5.45. The van der Waals surface area contributed by atoms with E-state index >= 15 is 0 Å². The Bertz CT molecular complexity index is 367. The molecule has 2 aliphatic rings. The molecule has 2 aliphatic carbocycles. The second-order valence-electron chi connectivity index (χ2n) is 6.49. The van der Waals surface area contributed by atoms with Gasteiger partial charge < -0.3 is 19.8 Å². The van der Waals surface area contributed by atoms with E-state index in [2.05, 4.69) is 0 Å². The fourth-order valence-electron chi connectivity index (χ4n) is 4.40. The quantitative estimate of drug-likeness (QED) is 0.384. The molecule has 0 radical (unpaired) electrons. The second kappa shape index (κ2) is 10.7. The zero-order chi connectivity index (χ0) is 14.6. The van der Waals surface area contributed by atoms with Crippen LogP contribution < -0.4 is 69.3 Å². The molecule has 0 aliphatic heterocycles. The van der Waals surface area contributed by atoms with Crippen molar-refractivity contribution in [3.8, 4) is 0 Å². The number of carboxylic acids is 2. The van der Waals surface area contributed by atoms with Gasteiger partial charge in [0, 0.05) is 23.3 Å². The molecule has 0 aromatic carbocycles. The topological polar surface area (TPSA) is 80.3 Å². The molecule has 0 aromatic heterocycles. The maximum atomic E-state index is 12.0. The zero-order valence-electron chi connectivity index (χ0n) is 14.1. The van der Waals surface area contributed by atoms with Crippen molar-refractivity contribution in [1.29, 1.82) is 0 Å². The second-order valence-corrected chi connectivity index (χ2v) is 6.49. The normalized spacial score (nSPS) is 30.1. The Labute approximate surface area is 177 Å². The molecule has 2 atom stereocenters. The first-order chi connectivity index (χ1) is 9.59. The number of aliphatic carboxylic acids is 2. The van der Waals surface area contributed by atoms with Crippen LogP contribution in [0, 0.1) is 17.3 Å². The molecule has 2 fully saturated rings. The first kappa shape index (κ1) is 22.9. The van der Waals surface area contributed by atoms with Gasteiger partial charge in [-0.2, -0.15) is 0 Å². The maximum absolute atomic E-state index is 12.0. The van der Waals surface area contributed by atoms with Crippen LogP contribution in [0.3, 0.4) is 0 Å². The van der Waals surface area contributed by atoms with Crippen molar-refractivity contribution in [3.63, 3.8) is 0 Å². The maximum Gasteiger partial charge on any atom is 1.00 e. The average molecular weight is 326 g/mol. The third-order valence-electron chi connectivity index (χ3n) is 5.45. The fraction of sp³-hybridized carbons (Fsp3) is 0.875. The van der Waals surface area contributed by atoms with Crippen LogP contribution in [0.15, 0.2) is 0 Å². The minimum atomic E-state index is -1.19. The first-order valence-electron chi connectivity index (χ1n) is 8.01. The van der Waals surface area contributed by atoms with Gasteiger partial charge in [0.2, 0.25) is 0 Å². The summed E-state index contributed by atoms with van der Waals surface area (Å²) < 4.78 is 0. The van der Waals surface area contributed by atoms with Crippen LogP contribution in [0.1, 0.15) is 70.6 Å². The van der Waals surface area contributed by atoms with Crippen molar-refractivity contribution >= 4 is 11.9 Å². The molecule has 0 heterocycles. The Morgan fingerprint density at radius 1 is 0.773 bits per heavy atom. The van der Waals surface area contributed by atoms with E-state index < -0.39 is 23.3 Å². The van der Waals surface area contributed by atoms with Crippen LogP contribution in [-0.2, 0) is 9.59 Å². The molecular weight excluding hydrogens is 302 g/mol. The molecule has 0 spiro atoms. The molecule has 2 saturated carbocycles. The third kappa shape index (κ3) is 4.97. The van der Waals surface area contributed by atoms with Gasteiger partial charge in [0.25, 0.3) is 0 Å². The Hall–Kier alpha value is 0.940. The summed E-state index contributed by atoms with van der Waals surface area (Å²) in [5.74, 6) is -3.28. The van der Waals surface area contributed by atoms with Gasteiger partial charge in [-0.05, 0) is 31.6 Å². The summed E-state index contributed by atoms with van der Waals surface area (Å²) in [6.07, 6.45) is 9.21. The minimum Gasteiger partial charge on any atom is -0.550 e. The molecule has 2 rings (SSSR count). The molecule has 6 heteroatoms. The van der Waals surface area contributed by atoms with Gasteiger partial charge in [-0.1, -0.05) is 44.9 Å². The first-order valence-corrected chi connectivity index (χ1v) is 8.01. The van der Waals surface area contributed by atoms with Crippen molar-refractivity contribution in [2.24, 2.45) is 17.3 Å². The Kier molecular flexibility index (Phi) is 11.2. The van der Waals surface area contributed by atoms with Gasteiger partial charge >= 0.3 is 59.1 Å². The molecule has 0 N–H and O–H groups in total. The summed E-state index contributed by atoms with van der Waals surface area (Å²) in [6, 6.07) is 0. The SMILES string of the molecule is O=C([O-])C1CCCCCC1(C(=O)[O-])C1CCCCCC1.[Na+].[Na+]. The van der Waals surface area contributed by atoms with Crippen molar-refractivity contribution in [3.05, 3.63) is 0 Å². The Morgan fingerprint density at radius 2 is 1.27 bits per heavy atom. The van der Waals surface area contributed by atoms with Crippen molar-refractivity contribution in [1.82, 2.24) is 0 Å². The summed E-state index contributed by atoms with van der Waals surface area (Å²) in [6.45, 7) is 0. The van der Waals surface area contributed by atoms with Gasteiger partial charge in [0.1, 0.15) is 0 Å². The molecule has 0 amide bonds. The molecule has 0 bridgehead atoms. The van der Waals surface area contributed by atoms with Crippen LogP contribution in [0.5, 0.6) is 0 Å². The molecular formula is C16H24Na2O4. The van der Waals surface area contributed by atoms with Gasteiger partial charge in [-0.15, -0.1) is 0 Å². The number of hydrogen-bond donors (Lipinski definition) is 0. The molecule has 2 unspecified atom stereocenters. The largest absolute Gasteiger partial charge is 1.00 e. The van der Waals surface area contributed by atoms with Crippen molar-refractivity contribution in [2.45, 2.75) is 70.6 Å². The molecule has 4 nitrogen and oxygen atoms in total. The number of hydrogen-bond acceptors (Lipinski definition) is 4. The number of carboxylic acid groups (broad SMARTS) is 2. The molecule has 114 valence electrons. The van der Waals surface area contributed by atoms with Gasteiger partial charge in [-0.25, -0.2) is 0 Å². The van der Waals surface area contributed by atoms with Crippen LogP contribution in [0.4, 0.5) is 0 Å². The van der Waals surface area contributed by atoms with Crippen LogP contribution in [-0.4, -0.2) is 11.9 Å². The standard InChI is InChI=1S/C16H26O4.2Na/c17-14(18)13-10-6-3-7-11-16(13,15(19)20)12-8-4-1-2-5-9-12;;/h12-13H,1-11H2,(H,17,18)(H,19,20);;/q;2*+1/p-2. The van der Waals surface area contributed by atoms with E-state index in [4.69, 9.17) is 0 Å². The molecule has 22 heavy (non-hydrogen) atoms. The molecule has 0 saturated heterocycles. The van der Waals surface area contributed by atoms with Crippen LogP contribution >= 0.6 is 0 Å². The van der Waals surface area contributed by atoms with Gasteiger partial charge in [0.05, 0.1) is 0 Å². The van der Waals surface area contributed by atoms with Crippen molar-refractivity contribution in [2.75, 3.05) is 0 Å². The van der Waals surface area contributed by atoms with E-state index in [1.54, 1.807) is 0 Å². The zero-order valence-corrected chi connectivity index (χ0v) is 18.1. The summed E-state index contributed by atoms with van der Waals surface area (Å²) >= 11 is 0. The summed E-state index contributed by atoms with van der Waals surface area (Å²) in [7, 11) is 0. The summed E-state index contributed by atoms with van der Waals surface area (Å²) in [5.41, 5.74) is -1.19. The van der Waals surface area contributed by atoms with E-state index in [0.29, 0.717) is 12.8 Å². The Morgan fingerprint density at radius 3 is 1.77 bits per heavy atom. The number of carbonyl (C=O) groups excluding carboxylic acids is 2. The van der Waals surface area contributed by atoms with E-state index in [1.807, 2.05) is 0 Å². The summed E-state index contributed by atoms with van der Waals surface area (Å²) in [5, 5.41) is 23.5. The van der Waals surface area contributed by atoms with E-state index in [1.165, 1.54) is 0 Å². The van der Waals surface area contributed by atoms with Crippen LogP contribution in [0.2, 0.25) is 0 Å².